The zero-order valence-corrected chi connectivity index (χ0v) is 7.71. The molecular weight excluding hydrogens is 188 g/mol. The van der Waals surface area contributed by atoms with Gasteiger partial charge in [0.2, 0.25) is 0 Å². The molecule has 0 radical (unpaired) electrons. The SMILES string of the molecule is N#Cc1cc(OCCN)ccc1Cl. The van der Waals surface area contributed by atoms with Crippen molar-refractivity contribution < 1.29 is 4.74 Å². The molecule has 0 heterocycles. The summed E-state index contributed by atoms with van der Waals surface area (Å²) in [7, 11) is 0. The van der Waals surface area contributed by atoms with Crippen LogP contribution >= 0.6 is 11.6 Å². The molecule has 0 amide bonds. The lowest BCUT2D eigenvalue weighted by molar-refractivity contribution is 0.328. The molecule has 0 bridgehead atoms. The number of hydrogen-bond acceptors (Lipinski definition) is 3. The van der Waals surface area contributed by atoms with E-state index in [9.17, 15) is 0 Å². The van der Waals surface area contributed by atoms with Crippen LogP contribution in [0.15, 0.2) is 18.2 Å². The van der Waals surface area contributed by atoms with E-state index in [1.54, 1.807) is 18.2 Å². The molecule has 2 N–H and O–H groups in total. The molecule has 1 aromatic rings. The lowest BCUT2D eigenvalue weighted by atomic mass is 10.2. The Kier molecular flexibility index (Phi) is 3.56. The van der Waals surface area contributed by atoms with Gasteiger partial charge in [0, 0.05) is 6.54 Å². The van der Waals surface area contributed by atoms with Gasteiger partial charge in [-0.1, -0.05) is 11.6 Å². The molecular formula is C9H9ClN2O. The summed E-state index contributed by atoms with van der Waals surface area (Å²) in [6.07, 6.45) is 0. The highest BCUT2D eigenvalue weighted by atomic mass is 35.5. The summed E-state index contributed by atoms with van der Waals surface area (Å²) in [5.41, 5.74) is 5.67. The topological polar surface area (TPSA) is 59.0 Å². The Morgan fingerprint density at radius 2 is 2.31 bits per heavy atom. The molecule has 4 heteroatoms. The van der Waals surface area contributed by atoms with E-state index in [0.29, 0.717) is 29.5 Å². The summed E-state index contributed by atoms with van der Waals surface area (Å²) in [4.78, 5) is 0. The summed E-state index contributed by atoms with van der Waals surface area (Å²) in [5.74, 6) is 0.617. The summed E-state index contributed by atoms with van der Waals surface area (Å²) in [5, 5.41) is 9.09. The molecule has 1 aromatic carbocycles. The largest absolute Gasteiger partial charge is 0.492 e. The van der Waals surface area contributed by atoms with Crippen molar-refractivity contribution in [3.8, 4) is 11.8 Å². The highest BCUT2D eigenvalue weighted by molar-refractivity contribution is 6.31. The second kappa shape index (κ2) is 4.70. The van der Waals surface area contributed by atoms with Crippen molar-refractivity contribution in [1.29, 1.82) is 5.26 Å². The molecule has 0 fully saturated rings. The first-order valence-electron chi connectivity index (χ1n) is 3.80. The average Bonchev–Trinajstić information content (AvgIpc) is 2.16. The Bertz CT molecular complexity index is 333. The van der Waals surface area contributed by atoms with Gasteiger partial charge in [0.1, 0.15) is 18.4 Å². The van der Waals surface area contributed by atoms with Gasteiger partial charge in [-0.15, -0.1) is 0 Å². The van der Waals surface area contributed by atoms with Crippen LogP contribution in [0.1, 0.15) is 5.56 Å². The van der Waals surface area contributed by atoms with Crippen LogP contribution in [0.5, 0.6) is 5.75 Å². The predicted octanol–water partition coefficient (Wildman–Crippen LogP) is 1.55. The van der Waals surface area contributed by atoms with Gasteiger partial charge in [-0.05, 0) is 18.2 Å². The van der Waals surface area contributed by atoms with Gasteiger partial charge in [0.05, 0.1) is 10.6 Å². The second-order valence-corrected chi connectivity index (χ2v) is 2.80. The fourth-order valence-electron chi connectivity index (χ4n) is 0.857. The van der Waals surface area contributed by atoms with E-state index in [2.05, 4.69) is 0 Å². The molecule has 0 unspecified atom stereocenters. The van der Waals surface area contributed by atoms with Crippen molar-refractivity contribution in [2.45, 2.75) is 0 Å². The zero-order chi connectivity index (χ0) is 9.68. The quantitative estimate of drug-likeness (QED) is 0.798. The summed E-state index contributed by atoms with van der Waals surface area (Å²) in [6, 6.07) is 6.90. The minimum Gasteiger partial charge on any atom is -0.492 e. The first-order valence-corrected chi connectivity index (χ1v) is 4.18. The normalized spacial score (nSPS) is 9.31. The zero-order valence-electron chi connectivity index (χ0n) is 6.96. The van der Waals surface area contributed by atoms with Crippen LogP contribution in [-0.2, 0) is 0 Å². The molecule has 0 aliphatic heterocycles. The van der Waals surface area contributed by atoms with Crippen LogP contribution in [0.3, 0.4) is 0 Å². The highest BCUT2D eigenvalue weighted by Gasteiger charge is 2.00. The van der Waals surface area contributed by atoms with Gasteiger partial charge >= 0.3 is 0 Å². The fourth-order valence-corrected chi connectivity index (χ4v) is 1.02. The van der Waals surface area contributed by atoms with E-state index in [-0.39, 0.29) is 0 Å². The van der Waals surface area contributed by atoms with E-state index < -0.39 is 0 Å². The molecule has 0 spiro atoms. The van der Waals surface area contributed by atoms with Crippen molar-refractivity contribution in [3.05, 3.63) is 28.8 Å². The van der Waals surface area contributed by atoms with Crippen LogP contribution in [-0.4, -0.2) is 13.2 Å². The average molecular weight is 197 g/mol. The number of nitrogens with zero attached hydrogens (tertiary/aromatic N) is 1. The Balaban J connectivity index is 2.82. The second-order valence-electron chi connectivity index (χ2n) is 2.39. The summed E-state index contributed by atoms with van der Waals surface area (Å²) < 4.78 is 5.22. The first-order chi connectivity index (χ1) is 6.27. The Hall–Kier alpha value is -1.24. The molecule has 0 atom stereocenters. The summed E-state index contributed by atoms with van der Waals surface area (Å²) >= 11 is 5.73. The Morgan fingerprint density at radius 1 is 1.54 bits per heavy atom. The van der Waals surface area contributed by atoms with Gasteiger partial charge in [-0.3, -0.25) is 0 Å². The van der Waals surface area contributed by atoms with Crippen LogP contribution in [0.25, 0.3) is 0 Å². The van der Waals surface area contributed by atoms with Crippen LogP contribution in [0, 0.1) is 11.3 Å². The van der Waals surface area contributed by atoms with Crippen molar-refractivity contribution in [2.24, 2.45) is 5.73 Å². The number of rotatable bonds is 3. The molecule has 1 rings (SSSR count). The smallest absolute Gasteiger partial charge is 0.120 e. The van der Waals surface area contributed by atoms with Crippen LogP contribution in [0.2, 0.25) is 5.02 Å². The molecule has 13 heavy (non-hydrogen) atoms. The number of hydrogen-bond donors (Lipinski definition) is 1. The lowest BCUT2D eigenvalue weighted by Crippen LogP contribution is -2.10. The van der Waals surface area contributed by atoms with Gasteiger partial charge < -0.3 is 10.5 Å². The van der Waals surface area contributed by atoms with Crippen molar-refractivity contribution in [1.82, 2.24) is 0 Å². The maximum absolute atomic E-state index is 8.65. The standard InChI is InChI=1S/C9H9ClN2O/c10-9-2-1-8(13-4-3-11)5-7(9)6-12/h1-2,5H,3-4,11H2. The first kappa shape index (κ1) is 9.85. The molecule has 0 aromatic heterocycles. The minimum absolute atomic E-state index is 0.413. The third-order valence-electron chi connectivity index (χ3n) is 1.44. The van der Waals surface area contributed by atoms with Gasteiger partial charge in [-0.25, -0.2) is 0 Å². The van der Waals surface area contributed by atoms with Gasteiger partial charge in [0.25, 0.3) is 0 Å². The molecule has 68 valence electrons. The van der Waals surface area contributed by atoms with E-state index in [1.165, 1.54) is 0 Å². The third kappa shape index (κ3) is 2.62. The molecule has 0 saturated carbocycles. The van der Waals surface area contributed by atoms with Crippen molar-refractivity contribution in [3.63, 3.8) is 0 Å². The third-order valence-corrected chi connectivity index (χ3v) is 1.77. The number of benzene rings is 1. The van der Waals surface area contributed by atoms with E-state index >= 15 is 0 Å². The van der Waals surface area contributed by atoms with E-state index in [0.717, 1.165) is 0 Å². The predicted molar refractivity (Wildman–Crippen MR) is 50.7 cm³/mol. The van der Waals surface area contributed by atoms with Crippen molar-refractivity contribution in [2.75, 3.05) is 13.2 Å². The number of nitrogens with two attached hydrogens (primary N) is 1. The van der Waals surface area contributed by atoms with E-state index in [1.807, 2.05) is 6.07 Å². The molecule has 0 aliphatic rings. The highest BCUT2D eigenvalue weighted by Crippen LogP contribution is 2.20. The van der Waals surface area contributed by atoms with Crippen molar-refractivity contribution >= 4 is 11.6 Å². The lowest BCUT2D eigenvalue weighted by Gasteiger charge is -2.04. The number of halogens is 1. The molecule has 3 nitrogen and oxygen atoms in total. The fraction of sp³-hybridized carbons (Fsp3) is 0.222. The molecule has 0 saturated heterocycles. The van der Waals surface area contributed by atoms with Crippen LogP contribution < -0.4 is 10.5 Å². The van der Waals surface area contributed by atoms with Gasteiger partial charge in [-0.2, -0.15) is 5.26 Å². The number of nitriles is 1. The minimum atomic E-state index is 0.413. The Labute approximate surface area is 81.7 Å². The number of ether oxygens (including phenoxy) is 1. The maximum atomic E-state index is 8.65. The van der Waals surface area contributed by atoms with Crippen LogP contribution in [0.4, 0.5) is 0 Å². The monoisotopic (exact) mass is 196 g/mol. The summed E-state index contributed by atoms with van der Waals surface area (Å²) in [6.45, 7) is 0.886. The maximum Gasteiger partial charge on any atom is 0.120 e. The Morgan fingerprint density at radius 3 is 2.92 bits per heavy atom. The molecule has 0 aliphatic carbocycles. The van der Waals surface area contributed by atoms with Gasteiger partial charge in [0.15, 0.2) is 0 Å². The van der Waals surface area contributed by atoms with E-state index in [4.69, 9.17) is 27.3 Å².